The molecule has 2 atom stereocenters. The zero-order valence-corrected chi connectivity index (χ0v) is 11.5. The Bertz CT molecular complexity index is 558. The van der Waals surface area contributed by atoms with Crippen LogP contribution in [-0.2, 0) is 9.53 Å². The Morgan fingerprint density at radius 2 is 2.00 bits per heavy atom. The summed E-state index contributed by atoms with van der Waals surface area (Å²) in [7, 11) is 0. The lowest BCUT2D eigenvalue weighted by molar-refractivity contribution is -0.142. The Morgan fingerprint density at radius 1 is 1.29 bits per heavy atom. The number of benzene rings is 1. The average Bonchev–Trinajstić information content (AvgIpc) is 2.92. The van der Waals surface area contributed by atoms with E-state index in [0.717, 1.165) is 6.07 Å². The highest BCUT2D eigenvalue weighted by Gasteiger charge is 2.39. The maximum Gasteiger partial charge on any atom is 0.311 e. The Morgan fingerprint density at radius 3 is 2.57 bits per heavy atom. The molecule has 2 unspecified atom stereocenters. The molecule has 21 heavy (non-hydrogen) atoms. The fourth-order valence-electron chi connectivity index (χ4n) is 2.44. The summed E-state index contributed by atoms with van der Waals surface area (Å²) in [5, 5.41) is 27.9. The van der Waals surface area contributed by atoms with Gasteiger partial charge in [0.2, 0.25) is 0 Å². The van der Waals surface area contributed by atoms with Crippen LogP contribution in [0.15, 0.2) is 18.2 Å². The molecule has 1 aliphatic rings. The summed E-state index contributed by atoms with van der Waals surface area (Å²) in [6, 6.07) is 3.21. The molecule has 0 saturated carbocycles. The van der Waals surface area contributed by atoms with Gasteiger partial charge in [-0.1, -0.05) is 0 Å². The summed E-state index contributed by atoms with van der Waals surface area (Å²) in [4.78, 5) is 25.1. The number of hydrogen-bond donors (Lipinski definition) is 3. The standard InChI is InChI=1S/C14H17NO6/c1-2-15(10-7-21-6-9(10)14(19)20)13(18)8-3-4-11(16)12(17)5-8/h3-5,9-10,16-17H,2,6-7H2,1H3,(H,19,20). The molecule has 2 rings (SSSR count). The van der Waals surface area contributed by atoms with Crippen molar-refractivity contribution in [1.82, 2.24) is 4.90 Å². The van der Waals surface area contributed by atoms with E-state index in [1.807, 2.05) is 0 Å². The molecule has 1 heterocycles. The van der Waals surface area contributed by atoms with E-state index in [4.69, 9.17) is 9.84 Å². The van der Waals surface area contributed by atoms with Gasteiger partial charge in [0.25, 0.3) is 5.91 Å². The van der Waals surface area contributed by atoms with Crippen LogP contribution in [0.3, 0.4) is 0 Å². The number of amides is 1. The molecule has 0 spiro atoms. The number of aromatic hydroxyl groups is 2. The summed E-state index contributed by atoms with van der Waals surface area (Å²) in [5.41, 5.74) is 0.184. The third-order valence-electron chi connectivity index (χ3n) is 3.59. The Labute approximate surface area is 121 Å². The molecule has 1 aliphatic heterocycles. The van der Waals surface area contributed by atoms with Gasteiger partial charge < -0.3 is 25.0 Å². The quantitative estimate of drug-likeness (QED) is 0.704. The second-order valence-electron chi connectivity index (χ2n) is 4.84. The van der Waals surface area contributed by atoms with Crippen molar-refractivity contribution in [2.24, 2.45) is 5.92 Å². The number of hydrogen-bond acceptors (Lipinski definition) is 5. The van der Waals surface area contributed by atoms with E-state index < -0.39 is 29.6 Å². The highest BCUT2D eigenvalue weighted by atomic mass is 16.5. The summed E-state index contributed by atoms with van der Waals surface area (Å²) >= 11 is 0. The Hall–Kier alpha value is -2.28. The zero-order valence-electron chi connectivity index (χ0n) is 11.5. The summed E-state index contributed by atoms with van der Waals surface area (Å²) in [6.45, 7) is 2.30. The molecule has 1 aromatic carbocycles. The molecule has 1 amide bonds. The van der Waals surface area contributed by atoms with Gasteiger partial charge in [-0.3, -0.25) is 9.59 Å². The fourth-order valence-corrected chi connectivity index (χ4v) is 2.44. The van der Waals surface area contributed by atoms with Gasteiger partial charge in [-0.05, 0) is 25.1 Å². The predicted molar refractivity (Wildman–Crippen MR) is 72.2 cm³/mol. The van der Waals surface area contributed by atoms with Crippen LogP contribution in [0.2, 0.25) is 0 Å². The van der Waals surface area contributed by atoms with Gasteiger partial charge in [0, 0.05) is 12.1 Å². The van der Waals surface area contributed by atoms with Crippen LogP contribution in [-0.4, -0.2) is 57.9 Å². The second-order valence-corrected chi connectivity index (χ2v) is 4.84. The number of likely N-dealkylation sites (N-methyl/N-ethyl adjacent to an activating group) is 1. The van der Waals surface area contributed by atoms with Gasteiger partial charge in [-0.25, -0.2) is 0 Å². The Kier molecular flexibility index (Phi) is 4.32. The first-order chi connectivity index (χ1) is 9.95. The number of rotatable bonds is 4. The first-order valence-electron chi connectivity index (χ1n) is 6.59. The van der Waals surface area contributed by atoms with E-state index in [1.165, 1.54) is 17.0 Å². The summed E-state index contributed by atoms with van der Waals surface area (Å²) in [6.07, 6.45) is 0. The number of carbonyl (C=O) groups excluding carboxylic acids is 1. The smallest absolute Gasteiger partial charge is 0.311 e. The predicted octanol–water partition coefficient (Wildman–Crippen LogP) is 0.659. The number of carboxylic acids is 1. The first-order valence-corrected chi connectivity index (χ1v) is 6.59. The van der Waals surface area contributed by atoms with Crippen molar-refractivity contribution in [3.8, 4) is 11.5 Å². The topological polar surface area (TPSA) is 107 Å². The van der Waals surface area contributed by atoms with E-state index in [1.54, 1.807) is 6.92 Å². The molecule has 0 radical (unpaired) electrons. The molecule has 7 nitrogen and oxygen atoms in total. The molecule has 0 bridgehead atoms. The largest absolute Gasteiger partial charge is 0.504 e. The monoisotopic (exact) mass is 295 g/mol. The highest BCUT2D eigenvalue weighted by Crippen LogP contribution is 2.27. The van der Waals surface area contributed by atoms with E-state index in [0.29, 0.717) is 6.54 Å². The van der Waals surface area contributed by atoms with Gasteiger partial charge in [-0.15, -0.1) is 0 Å². The van der Waals surface area contributed by atoms with Crippen molar-refractivity contribution in [3.63, 3.8) is 0 Å². The average molecular weight is 295 g/mol. The SMILES string of the molecule is CCN(C(=O)c1ccc(O)c(O)c1)C1COCC1C(=O)O. The van der Waals surface area contributed by atoms with E-state index in [2.05, 4.69) is 0 Å². The van der Waals surface area contributed by atoms with Gasteiger partial charge in [0.05, 0.1) is 19.3 Å². The number of ether oxygens (including phenoxy) is 1. The molecule has 0 aliphatic carbocycles. The van der Waals surface area contributed by atoms with Crippen LogP contribution < -0.4 is 0 Å². The number of nitrogens with zero attached hydrogens (tertiary/aromatic N) is 1. The fraction of sp³-hybridized carbons (Fsp3) is 0.429. The second kappa shape index (κ2) is 6.01. The van der Waals surface area contributed by atoms with Crippen LogP contribution in [0.25, 0.3) is 0 Å². The van der Waals surface area contributed by atoms with Crippen LogP contribution >= 0.6 is 0 Å². The molecular weight excluding hydrogens is 278 g/mol. The molecule has 1 aromatic rings. The first kappa shape index (κ1) is 15.1. The lowest BCUT2D eigenvalue weighted by atomic mass is 10.0. The van der Waals surface area contributed by atoms with Crippen molar-refractivity contribution < 1.29 is 29.6 Å². The molecule has 114 valence electrons. The number of carboxylic acid groups (broad SMARTS) is 1. The van der Waals surface area contributed by atoms with E-state index in [9.17, 15) is 19.8 Å². The van der Waals surface area contributed by atoms with Crippen molar-refractivity contribution in [2.45, 2.75) is 13.0 Å². The van der Waals surface area contributed by atoms with Gasteiger partial charge in [0.1, 0.15) is 5.92 Å². The number of phenolic OH excluding ortho intramolecular Hbond substituents is 2. The molecule has 1 saturated heterocycles. The van der Waals surface area contributed by atoms with Crippen molar-refractivity contribution in [2.75, 3.05) is 19.8 Å². The minimum absolute atomic E-state index is 0.0740. The zero-order chi connectivity index (χ0) is 15.6. The number of phenols is 2. The third-order valence-corrected chi connectivity index (χ3v) is 3.59. The maximum atomic E-state index is 12.5. The minimum atomic E-state index is -1.00. The normalized spacial score (nSPS) is 21.2. The van der Waals surface area contributed by atoms with Crippen molar-refractivity contribution in [3.05, 3.63) is 23.8 Å². The van der Waals surface area contributed by atoms with Crippen LogP contribution in [0.1, 0.15) is 17.3 Å². The van der Waals surface area contributed by atoms with Crippen LogP contribution in [0, 0.1) is 5.92 Å². The van der Waals surface area contributed by atoms with Crippen molar-refractivity contribution >= 4 is 11.9 Å². The Balaban J connectivity index is 2.26. The van der Waals surface area contributed by atoms with Crippen molar-refractivity contribution in [1.29, 1.82) is 0 Å². The summed E-state index contributed by atoms with van der Waals surface area (Å²) in [5.74, 6) is -2.89. The molecule has 1 fully saturated rings. The molecule has 7 heteroatoms. The molecule has 0 aromatic heterocycles. The van der Waals surface area contributed by atoms with Gasteiger partial charge in [0.15, 0.2) is 11.5 Å². The number of carbonyl (C=O) groups is 2. The van der Waals surface area contributed by atoms with Crippen LogP contribution in [0.5, 0.6) is 11.5 Å². The maximum absolute atomic E-state index is 12.5. The highest BCUT2D eigenvalue weighted by molar-refractivity contribution is 5.95. The number of aliphatic carboxylic acids is 1. The molecular formula is C14H17NO6. The van der Waals surface area contributed by atoms with Gasteiger partial charge in [-0.2, -0.15) is 0 Å². The third kappa shape index (κ3) is 2.92. The van der Waals surface area contributed by atoms with Gasteiger partial charge >= 0.3 is 5.97 Å². The van der Waals surface area contributed by atoms with Crippen LogP contribution in [0.4, 0.5) is 0 Å². The molecule has 3 N–H and O–H groups in total. The lowest BCUT2D eigenvalue weighted by Crippen LogP contribution is -2.46. The van der Waals surface area contributed by atoms with E-state index in [-0.39, 0.29) is 24.5 Å². The minimum Gasteiger partial charge on any atom is -0.504 e. The summed E-state index contributed by atoms with van der Waals surface area (Å²) < 4.78 is 5.18. The van der Waals surface area contributed by atoms with E-state index >= 15 is 0 Å². The lowest BCUT2D eigenvalue weighted by Gasteiger charge is -2.29.